The van der Waals surface area contributed by atoms with Crippen LogP contribution in [0.2, 0.25) is 0 Å². The normalized spacial score (nSPS) is 22.8. The number of nitrogens with zero attached hydrogens (tertiary/aromatic N) is 3. The van der Waals surface area contributed by atoms with E-state index in [0.717, 1.165) is 30.8 Å². The third kappa shape index (κ3) is 2.68. The number of hydrogen-bond donors (Lipinski definition) is 3. The van der Waals surface area contributed by atoms with E-state index in [1.165, 1.54) is 38.2 Å². The molecule has 1 fully saturated rings. The second-order valence-corrected chi connectivity index (χ2v) is 7.49. The minimum atomic E-state index is -0.205. The monoisotopic (exact) mass is 345 g/mol. The Morgan fingerprint density at radius 2 is 1.96 bits per heavy atom. The van der Waals surface area contributed by atoms with Crippen molar-refractivity contribution in [3.8, 4) is 5.88 Å². The number of likely N-dealkylation sites (tertiary alicyclic amines) is 1. The molecule has 0 bridgehead atoms. The van der Waals surface area contributed by atoms with Crippen molar-refractivity contribution < 1.29 is 15.1 Å². The summed E-state index contributed by atoms with van der Waals surface area (Å²) in [7, 11) is 0. The van der Waals surface area contributed by atoms with Crippen LogP contribution in [0, 0.1) is 6.92 Å². The number of hydrogen-bond acceptors (Lipinski definition) is 5. The molecular formula is C17H21N4O2S+. The maximum atomic E-state index is 10.7. The molecule has 1 aliphatic heterocycles. The van der Waals surface area contributed by atoms with Crippen LogP contribution in [-0.2, 0) is 0 Å². The molecule has 1 aliphatic rings. The summed E-state index contributed by atoms with van der Waals surface area (Å²) in [6.45, 7) is 3.84. The number of aliphatic hydroxyl groups is 1. The molecule has 3 aromatic rings. The smallest absolute Gasteiger partial charge is 0.235 e. The number of piperidine rings is 1. The van der Waals surface area contributed by atoms with Crippen molar-refractivity contribution in [2.45, 2.75) is 31.9 Å². The van der Waals surface area contributed by atoms with Gasteiger partial charge >= 0.3 is 0 Å². The van der Waals surface area contributed by atoms with Crippen LogP contribution in [0.25, 0.3) is 4.96 Å². The molecule has 1 saturated heterocycles. The highest BCUT2D eigenvalue weighted by molar-refractivity contribution is 7.17. The lowest BCUT2D eigenvalue weighted by Gasteiger charge is -2.33. The van der Waals surface area contributed by atoms with Crippen LogP contribution in [0.4, 0.5) is 0 Å². The summed E-state index contributed by atoms with van der Waals surface area (Å²) < 4.78 is 1.50. The van der Waals surface area contributed by atoms with Crippen molar-refractivity contribution in [2.24, 2.45) is 0 Å². The van der Waals surface area contributed by atoms with Crippen molar-refractivity contribution in [2.75, 3.05) is 13.1 Å². The van der Waals surface area contributed by atoms with Gasteiger partial charge in [0, 0.05) is 18.4 Å². The van der Waals surface area contributed by atoms with E-state index in [-0.39, 0.29) is 18.0 Å². The van der Waals surface area contributed by atoms with Crippen molar-refractivity contribution in [3.63, 3.8) is 0 Å². The van der Waals surface area contributed by atoms with Crippen molar-refractivity contribution in [3.05, 3.63) is 46.6 Å². The van der Waals surface area contributed by atoms with Gasteiger partial charge in [-0.25, -0.2) is 4.98 Å². The third-order valence-electron chi connectivity index (χ3n) is 4.82. The molecule has 0 amide bonds. The van der Waals surface area contributed by atoms with Gasteiger partial charge in [-0.15, -0.1) is 0 Å². The number of aryl methyl sites for hydroxylation is 1. The van der Waals surface area contributed by atoms with Gasteiger partial charge in [0.2, 0.25) is 10.8 Å². The molecule has 3 heterocycles. The Morgan fingerprint density at radius 1 is 1.25 bits per heavy atom. The zero-order valence-electron chi connectivity index (χ0n) is 13.5. The van der Waals surface area contributed by atoms with E-state index in [0.29, 0.717) is 4.96 Å². The molecule has 24 heavy (non-hydrogen) atoms. The number of benzene rings is 1. The number of nitrogens with one attached hydrogen (secondary N) is 1. The van der Waals surface area contributed by atoms with Crippen molar-refractivity contribution >= 4 is 16.3 Å². The number of aromatic hydroxyl groups is 1. The van der Waals surface area contributed by atoms with E-state index in [9.17, 15) is 10.2 Å². The first-order valence-electron chi connectivity index (χ1n) is 8.24. The molecule has 0 saturated carbocycles. The lowest BCUT2D eigenvalue weighted by molar-refractivity contribution is -0.931. The van der Waals surface area contributed by atoms with Crippen LogP contribution in [0.1, 0.15) is 34.9 Å². The predicted molar refractivity (Wildman–Crippen MR) is 91.5 cm³/mol. The van der Waals surface area contributed by atoms with E-state index in [1.54, 1.807) is 0 Å². The topological polar surface area (TPSA) is 75.1 Å². The van der Waals surface area contributed by atoms with E-state index in [1.807, 2.05) is 0 Å². The van der Waals surface area contributed by atoms with Crippen LogP contribution >= 0.6 is 11.3 Å². The fourth-order valence-corrected chi connectivity index (χ4v) is 4.59. The fourth-order valence-electron chi connectivity index (χ4n) is 3.48. The molecular weight excluding hydrogens is 324 g/mol. The standard InChI is InChI=1S/C17H20N4O2S/c1-11-2-4-12(5-3-11)14(20-8-6-13(22)7-9-20)15-16(23)21-17(24-15)18-10-19-21/h2-5,10,13-14,22-23H,6-9H2,1H3/p+1/t14-/m0/s1. The molecule has 0 radical (unpaired) electrons. The Balaban J connectivity index is 1.78. The van der Waals surface area contributed by atoms with Gasteiger partial charge in [-0.1, -0.05) is 41.2 Å². The summed E-state index contributed by atoms with van der Waals surface area (Å²) in [5, 5.41) is 24.6. The van der Waals surface area contributed by atoms with Gasteiger partial charge in [-0.05, 0) is 6.92 Å². The first-order valence-corrected chi connectivity index (χ1v) is 9.05. The lowest BCUT2D eigenvalue weighted by atomic mass is 9.98. The van der Waals surface area contributed by atoms with Crippen LogP contribution in [0.15, 0.2) is 30.6 Å². The van der Waals surface area contributed by atoms with Gasteiger partial charge in [0.1, 0.15) is 11.2 Å². The number of aliphatic hydroxyl groups excluding tert-OH is 1. The van der Waals surface area contributed by atoms with Crippen molar-refractivity contribution in [1.82, 2.24) is 14.6 Å². The second kappa shape index (κ2) is 6.16. The Kier molecular flexibility index (Phi) is 3.99. The Bertz CT molecular complexity index is 834. The summed E-state index contributed by atoms with van der Waals surface area (Å²) in [5.74, 6) is 0.177. The van der Waals surface area contributed by atoms with E-state index >= 15 is 0 Å². The molecule has 1 aromatic carbocycles. The number of rotatable bonds is 3. The first kappa shape index (κ1) is 15.6. The summed E-state index contributed by atoms with van der Waals surface area (Å²) in [6.07, 6.45) is 2.84. The summed E-state index contributed by atoms with van der Waals surface area (Å²) in [5.41, 5.74) is 2.39. The SMILES string of the molecule is Cc1ccc([C@@H](c2sc3ncnn3c2O)[NH+]2CCC(O)CC2)cc1. The van der Waals surface area contributed by atoms with Gasteiger partial charge in [0.15, 0.2) is 6.04 Å². The van der Waals surface area contributed by atoms with Gasteiger partial charge in [-0.2, -0.15) is 9.61 Å². The third-order valence-corrected chi connectivity index (χ3v) is 5.92. The van der Waals surface area contributed by atoms with Gasteiger partial charge in [0.05, 0.1) is 19.2 Å². The Hall–Kier alpha value is -1.96. The molecule has 0 spiro atoms. The van der Waals surface area contributed by atoms with Gasteiger partial charge < -0.3 is 15.1 Å². The average molecular weight is 345 g/mol. The second-order valence-electron chi connectivity index (χ2n) is 6.48. The van der Waals surface area contributed by atoms with Crippen molar-refractivity contribution in [1.29, 1.82) is 0 Å². The zero-order valence-corrected chi connectivity index (χ0v) is 14.3. The van der Waals surface area contributed by atoms with Crippen LogP contribution in [0.5, 0.6) is 5.88 Å². The predicted octanol–water partition coefficient (Wildman–Crippen LogP) is 0.934. The average Bonchev–Trinajstić information content (AvgIpc) is 3.15. The highest BCUT2D eigenvalue weighted by Crippen LogP contribution is 2.34. The molecule has 126 valence electrons. The molecule has 4 rings (SSSR count). The van der Waals surface area contributed by atoms with E-state index in [2.05, 4.69) is 41.3 Å². The number of fused-ring (bicyclic) bond motifs is 1. The summed E-state index contributed by atoms with van der Waals surface area (Å²) in [6, 6.07) is 8.51. The summed E-state index contributed by atoms with van der Waals surface area (Å²) in [4.78, 5) is 7.17. The number of aromatic nitrogens is 3. The Labute approximate surface area is 144 Å². The highest BCUT2D eigenvalue weighted by atomic mass is 32.1. The lowest BCUT2D eigenvalue weighted by Crippen LogP contribution is -3.13. The quantitative estimate of drug-likeness (QED) is 0.660. The first-order chi connectivity index (χ1) is 11.6. The zero-order chi connectivity index (χ0) is 16.7. The maximum Gasteiger partial charge on any atom is 0.235 e. The van der Waals surface area contributed by atoms with Crippen LogP contribution in [0.3, 0.4) is 0 Å². The van der Waals surface area contributed by atoms with Gasteiger partial charge in [-0.3, -0.25) is 0 Å². The number of quaternary nitrogens is 1. The van der Waals surface area contributed by atoms with Crippen LogP contribution in [-0.4, -0.2) is 44.0 Å². The largest absolute Gasteiger partial charge is 0.492 e. The Morgan fingerprint density at radius 3 is 2.62 bits per heavy atom. The van der Waals surface area contributed by atoms with E-state index in [4.69, 9.17) is 0 Å². The van der Waals surface area contributed by atoms with E-state index < -0.39 is 0 Å². The molecule has 0 unspecified atom stereocenters. The summed E-state index contributed by atoms with van der Waals surface area (Å²) >= 11 is 1.49. The van der Waals surface area contributed by atoms with Gasteiger partial charge in [0.25, 0.3) is 0 Å². The minimum Gasteiger partial charge on any atom is -0.492 e. The molecule has 0 aliphatic carbocycles. The molecule has 2 aromatic heterocycles. The fraction of sp³-hybridized carbons (Fsp3) is 0.412. The highest BCUT2D eigenvalue weighted by Gasteiger charge is 2.34. The number of thiazole rings is 1. The molecule has 3 N–H and O–H groups in total. The maximum absolute atomic E-state index is 10.7. The molecule has 7 heteroatoms. The molecule has 6 nitrogen and oxygen atoms in total. The molecule has 1 atom stereocenters. The minimum absolute atomic E-state index is 0.0339. The van der Waals surface area contributed by atoms with Crippen LogP contribution < -0.4 is 4.90 Å².